The van der Waals surface area contributed by atoms with Crippen LogP contribution in [0.1, 0.15) is 31.1 Å². The number of ketones is 1. The molecule has 1 nitrogen and oxygen atoms in total. The summed E-state index contributed by atoms with van der Waals surface area (Å²) in [5.41, 5.74) is 0.112. The number of carbonyl (C=O) groups excluding carboxylic acids is 1. The maximum absolute atomic E-state index is 11.9. The molecule has 0 fully saturated rings. The van der Waals surface area contributed by atoms with Gasteiger partial charge in [-0.2, -0.15) is 0 Å². The van der Waals surface area contributed by atoms with E-state index in [-0.39, 0.29) is 5.78 Å². The molecular formula is C11H11BrCl2O. The van der Waals surface area contributed by atoms with Crippen molar-refractivity contribution >= 4 is 44.9 Å². The fraction of sp³-hybridized carbons (Fsp3) is 0.364. The van der Waals surface area contributed by atoms with E-state index in [4.69, 9.17) is 23.2 Å². The molecule has 0 heterocycles. The van der Waals surface area contributed by atoms with Crippen molar-refractivity contribution in [2.75, 3.05) is 0 Å². The van der Waals surface area contributed by atoms with Crippen molar-refractivity contribution in [3.63, 3.8) is 0 Å². The van der Waals surface area contributed by atoms with Gasteiger partial charge in [0.15, 0.2) is 5.78 Å². The van der Waals surface area contributed by atoms with E-state index in [0.717, 1.165) is 0 Å². The molecule has 0 amide bonds. The van der Waals surface area contributed by atoms with E-state index in [0.29, 0.717) is 20.1 Å². The molecule has 0 bridgehead atoms. The third-order valence-electron chi connectivity index (χ3n) is 1.93. The van der Waals surface area contributed by atoms with Crippen LogP contribution < -0.4 is 0 Å². The summed E-state index contributed by atoms with van der Waals surface area (Å²) in [5.74, 6) is 0.0267. The Morgan fingerprint density at radius 3 is 1.93 bits per heavy atom. The minimum absolute atomic E-state index is 0.0267. The van der Waals surface area contributed by atoms with Gasteiger partial charge in [-0.25, -0.2) is 0 Å². The van der Waals surface area contributed by atoms with Gasteiger partial charge < -0.3 is 0 Å². The number of carbonyl (C=O) groups is 1. The molecule has 1 aromatic carbocycles. The van der Waals surface area contributed by atoms with Gasteiger partial charge >= 0.3 is 0 Å². The Labute approximate surface area is 108 Å². The molecule has 0 saturated carbocycles. The van der Waals surface area contributed by atoms with E-state index < -0.39 is 5.41 Å². The van der Waals surface area contributed by atoms with Crippen LogP contribution in [-0.2, 0) is 0 Å². The SMILES string of the molecule is CC(C)(C)C(=O)c1cc(Cl)c(Br)c(Cl)c1. The highest BCUT2D eigenvalue weighted by Gasteiger charge is 2.24. The van der Waals surface area contributed by atoms with Crippen LogP contribution in [0.25, 0.3) is 0 Å². The van der Waals surface area contributed by atoms with Gasteiger partial charge in [0.25, 0.3) is 0 Å². The summed E-state index contributed by atoms with van der Waals surface area (Å²) >= 11 is 15.1. The lowest BCUT2D eigenvalue weighted by Crippen LogP contribution is -2.20. The molecule has 0 unspecified atom stereocenters. The number of hydrogen-bond donors (Lipinski definition) is 0. The van der Waals surface area contributed by atoms with Crippen molar-refractivity contribution in [2.45, 2.75) is 20.8 Å². The predicted molar refractivity (Wildman–Crippen MR) is 67.9 cm³/mol. The molecular weight excluding hydrogens is 299 g/mol. The Morgan fingerprint density at radius 1 is 1.20 bits per heavy atom. The topological polar surface area (TPSA) is 17.1 Å². The highest BCUT2D eigenvalue weighted by Crippen LogP contribution is 2.33. The molecule has 1 aromatic rings. The fourth-order valence-corrected chi connectivity index (χ4v) is 1.84. The van der Waals surface area contributed by atoms with Crippen LogP contribution in [0.4, 0.5) is 0 Å². The first-order chi connectivity index (χ1) is 6.73. The lowest BCUT2D eigenvalue weighted by molar-refractivity contribution is 0.0858. The van der Waals surface area contributed by atoms with Crippen LogP contribution in [-0.4, -0.2) is 5.78 Å². The molecule has 0 spiro atoms. The van der Waals surface area contributed by atoms with Crippen molar-refractivity contribution in [1.82, 2.24) is 0 Å². The highest BCUT2D eigenvalue weighted by molar-refractivity contribution is 9.10. The van der Waals surface area contributed by atoms with Crippen LogP contribution in [0.3, 0.4) is 0 Å². The molecule has 15 heavy (non-hydrogen) atoms. The van der Waals surface area contributed by atoms with Crippen molar-refractivity contribution in [2.24, 2.45) is 5.41 Å². The molecule has 4 heteroatoms. The Balaban J connectivity index is 3.24. The standard InChI is InChI=1S/C11H11BrCl2O/c1-11(2,3)10(15)6-4-7(13)9(12)8(14)5-6/h4-5H,1-3H3. The van der Waals surface area contributed by atoms with Crippen LogP contribution in [0.2, 0.25) is 10.0 Å². The zero-order chi connectivity index (χ0) is 11.8. The minimum atomic E-state index is -0.430. The lowest BCUT2D eigenvalue weighted by Gasteiger charge is -2.17. The fourth-order valence-electron chi connectivity index (χ4n) is 1.12. The van der Waals surface area contributed by atoms with Crippen molar-refractivity contribution in [3.8, 4) is 0 Å². The molecule has 0 aromatic heterocycles. The van der Waals surface area contributed by atoms with Crippen LogP contribution >= 0.6 is 39.1 Å². The van der Waals surface area contributed by atoms with Gasteiger partial charge in [-0.1, -0.05) is 44.0 Å². The summed E-state index contributed by atoms with van der Waals surface area (Å²) in [6, 6.07) is 3.26. The third kappa shape index (κ3) is 2.96. The van der Waals surface area contributed by atoms with Gasteiger partial charge in [0, 0.05) is 11.0 Å². The predicted octanol–water partition coefficient (Wildman–Crippen LogP) is 4.98. The number of rotatable bonds is 1. The summed E-state index contributed by atoms with van der Waals surface area (Å²) in [6.07, 6.45) is 0. The summed E-state index contributed by atoms with van der Waals surface area (Å²) < 4.78 is 0.622. The first kappa shape index (κ1) is 13.0. The molecule has 82 valence electrons. The van der Waals surface area contributed by atoms with E-state index in [9.17, 15) is 4.79 Å². The zero-order valence-corrected chi connectivity index (χ0v) is 11.8. The molecule has 0 atom stereocenters. The smallest absolute Gasteiger partial charge is 0.168 e. The van der Waals surface area contributed by atoms with E-state index in [2.05, 4.69) is 15.9 Å². The van der Waals surface area contributed by atoms with Gasteiger partial charge in [0.1, 0.15) is 0 Å². The largest absolute Gasteiger partial charge is 0.294 e. The second-order valence-electron chi connectivity index (χ2n) is 4.33. The van der Waals surface area contributed by atoms with Crippen molar-refractivity contribution < 1.29 is 4.79 Å². The molecule has 0 aliphatic carbocycles. The molecule has 0 saturated heterocycles. The Kier molecular flexibility index (Phi) is 3.85. The van der Waals surface area contributed by atoms with Gasteiger partial charge in [0.05, 0.1) is 14.5 Å². The minimum Gasteiger partial charge on any atom is -0.294 e. The van der Waals surface area contributed by atoms with Gasteiger partial charge in [-0.05, 0) is 28.1 Å². The number of halogens is 3. The Hall–Kier alpha value is -0.0500. The van der Waals surface area contributed by atoms with Crippen molar-refractivity contribution in [3.05, 3.63) is 32.2 Å². The number of benzene rings is 1. The summed E-state index contributed by atoms with van der Waals surface area (Å²) in [4.78, 5) is 11.9. The normalized spacial score (nSPS) is 11.6. The van der Waals surface area contributed by atoms with Crippen LogP contribution in [0.15, 0.2) is 16.6 Å². The number of hydrogen-bond acceptors (Lipinski definition) is 1. The van der Waals surface area contributed by atoms with Gasteiger partial charge in [-0.15, -0.1) is 0 Å². The Bertz CT molecular complexity index is 385. The Morgan fingerprint density at radius 2 is 1.60 bits per heavy atom. The zero-order valence-electron chi connectivity index (χ0n) is 8.70. The first-order valence-corrected chi connectivity index (χ1v) is 5.97. The molecule has 1 rings (SSSR count). The van der Waals surface area contributed by atoms with Crippen LogP contribution in [0, 0.1) is 5.41 Å². The van der Waals surface area contributed by atoms with E-state index in [1.54, 1.807) is 12.1 Å². The van der Waals surface area contributed by atoms with E-state index in [1.807, 2.05) is 20.8 Å². The van der Waals surface area contributed by atoms with Crippen LogP contribution in [0.5, 0.6) is 0 Å². The first-order valence-electron chi connectivity index (χ1n) is 4.43. The van der Waals surface area contributed by atoms with E-state index in [1.165, 1.54) is 0 Å². The van der Waals surface area contributed by atoms with E-state index >= 15 is 0 Å². The average molecular weight is 310 g/mol. The number of Topliss-reactive ketones (excluding diaryl/α,β-unsaturated/α-hetero) is 1. The summed E-state index contributed by atoms with van der Waals surface area (Å²) in [6.45, 7) is 5.58. The second-order valence-corrected chi connectivity index (χ2v) is 5.94. The van der Waals surface area contributed by atoms with Gasteiger partial charge in [0.2, 0.25) is 0 Å². The maximum Gasteiger partial charge on any atom is 0.168 e. The molecule has 0 aliphatic heterocycles. The lowest BCUT2D eigenvalue weighted by atomic mass is 9.86. The summed E-state index contributed by atoms with van der Waals surface area (Å²) in [5, 5.41) is 0.908. The quantitative estimate of drug-likeness (QED) is 0.528. The van der Waals surface area contributed by atoms with Gasteiger partial charge in [-0.3, -0.25) is 4.79 Å². The molecule has 0 aliphatic rings. The average Bonchev–Trinajstić information content (AvgIpc) is 2.10. The third-order valence-corrected chi connectivity index (χ3v) is 3.83. The molecule has 0 radical (unpaired) electrons. The van der Waals surface area contributed by atoms with Crippen molar-refractivity contribution in [1.29, 1.82) is 0 Å². The highest BCUT2D eigenvalue weighted by atomic mass is 79.9. The molecule has 0 N–H and O–H groups in total. The monoisotopic (exact) mass is 308 g/mol. The summed E-state index contributed by atoms with van der Waals surface area (Å²) in [7, 11) is 0. The maximum atomic E-state index is 11.9. The second kappa shape index (κ2) is 4.44.